The molecular formula is C12H22N2O4S. The van der Waals surface area contributed by atoms with Gasteiger partial charge in [0, 0.05) is 35.4 Å². The molecule has 0 spiro atoms. The average Bonchev–Trinajstić information content (AvgIpc) is 2.34. The van der Waals surface area contributed by atoms with Crippen molar-refractivity contribution < 1.29 is 18.9 Å². The van der Waals surface area contributed by atoms with Crippen LogP contribution in [0.4, 0.5) is 4.79 Å². The fourth-order valence-electron chi connectivity index (χ4n) is 2.24. The summed E-state index contributed by atoms with van der Waals surface area (Å²) in [5, 5.41) is 11.7. The fourth-order valence-corrected chi connectivity index (χ4v) is 2.56. The summed E-state index contributed by atoms with van der Waals surface area (Å²) in [6.45, 7) is 4.38. The highest BCUT2D eigenvalue weighted by atomic mass is 32.2. The van der Waals surface area contributed by atoms with Gasteiger partial charge in [0.25, 0.3) is 0 Å². The van der Waals surface area contributed by atoms with Crippen molar-refractivity contribution in [2.75, 3.05) is 19.3 Å². The molecule has 0 aliphatic carbocycles. The predicted octanol–water partition coefficient (Wildman–Crippen LogP) is 0.648. The molecule has 1 fully saturated rings. The van der Waals surface area contributed by atoms with Crippen molar-refractivity contribution in [1.82, 2.24) is 10.2 Å². The Morgan fingerprint density at radius 3 is 2.68 bits per heavy atom. The van der Waals surface area contributed by atoms with Gasteiger partial charge >= 0.3 is 12.0 Å². The van der Waals surface area contributed by atoms with Crippen LogP contribution in [0.1, 0.15) is 26.7 Å². The first-order valence-electron chi connectivity index (χ1n) is 6.44. The minimum atomic E-state index is -1.01. The quantitative estimate of drug-likeness (QED) is 0.796. The van der Waals surface area contributed by atoms with Crippen LogP contribution in [0.25, 0.3) is 0 Å². The zero-order valence-electron chi connectivity index (χ0n) is 11.6. The van der Waals surface area contributed by atoms with Gasteiger partial charge in [-0.2, -0.15) is 0 Å². The van der Waals surface area contributed by atoms with Gasteiger partial charge in [0.15, 0.2) is 0 Å². The zero-order chi connectivity index (χ0) is 14.6. The van der Waals surface area contributed by atoms with Gasteiger partial charge in [0.1, 0.15) is 6.04 Å². The van der Waals surface area contributed by atoms with Gasteiger partial charge in [-0.3, -0.25) is 4.21 Å². The molecule has 1 rings (SSSR count). The number of nitrogens with one attached hydrogen (secondary N) is 1. The monoisotopic (exact) mass is 290 g/mol. The topological polar surface area (TPSA) is 86.7 Å². The number of carbonyl (C=O) groups excluding carboxylic acids is 1. The molecule has 2 N–H and O–H groups in total. The summed E-state index contributed by atoms with van der Waals surface area (Å²) in [6.07, 6.45) is 3.21. The van der Waals surface area contributed by atoms with Crippen LogP contribution in [0.2, 0.25) is 0 Å². The highest BCUT2D eigenvalue weighted by Crippen LogP contribution is 2.23. The molecule has 19 heavy (non-hydrogen) atoms. The second-order valence-corrected chi connectivity index (χ2v) is 6.89. The summed E-state index contributed by atoms with van der Waals surface area (Å²) in [7, 11) is -1.01. The standard InChI is InChI=1S/C12H22N2O4S/c1-8-5-4-6-14(10(8)11(15)16)12(17)13-7-9(2)19(3)18/h8-10H,4-7H2,1-3H3,(H,13,17)(H,15,16). The molecule has 0 aromatic rings. The summed E-state index contributed by atoms with van der Waals surface area (Å²) < 4.78 is 11.2. The molecule has 1 heterocycles. The van der Waals surface area contributed by atoms with Gasteiger partial charge in [-0.1, -0.05) is 6.92 Å². The van der Waals surface area contributed by atoms with Crippen LogP contribution in [0.5, 0.6) is 0 Å². The van der Waals surface area contributed by atoms with E-state index in [2.05, 4.69) is 5.32 Å². The first-order chi connectivity index (χ1) is 8.84. The summed E-state index contributed by atoms with van der Waals surface area (Å²) >= 11 is 0. The molecule has 0 aromatic carbocycles. The van der Waals surface area contributed by atoms with Crippen LogP contribution in [-0.4, -0.2) is 56.9 Å². The van der Waals surface area contributed by atoms with Crippen molar-refractivity contribution in [2.45, 2.75) is 38.0 Å². The van der Waals surface area contributed by atoms with E-state index < -0.39 is 22.8 Å². The van der Waals surface area contributed by atoms with E-state index in [0.717, 1.165) is 12.8 Å². The van der Waals surface area contributed by atoms with Crippen LogP contribution in [0.15, 0.2) is 0 Å². The van der Waals surface area contributed by atoms with E-state index in [1.165, 1.54) is 4.90 Å². The Hall–Kier alpha value is -1.11. The molecule has 0 bridgehead atoms. The fraction of sp³-hybridized carbons (Fsp3) is 0.833. The maximum absolute atomic E-state index is 12.0. The second kappa shape index (κ2) is 6.88. The SMILES string of the molecule is CC1CCCN(C(=O)NCC(C)S(C)=O)C1C(=O)O. The van der Waals surface area contributed by atoms with Crippen LogP contribution in [0.3, 0.4) is 0 Å². The Bertz CT molecular complexity index is 375. The highest BCUT2D eigenvalue weighted by molar-refractivity contribution is 7.84. The molecule has 110 valence electrons. The van der Waals surface area contributed by atoms with E-state index in [9.17, 15) is 18.9 Å². The molecular weight excluding hydrogens is 268 g/mol. The predicted molar refractivity (Wildman–Crippen MR) is 73.5 cm³/mol. The first-order valence-corrected chi connectivity index (χ1v) is 8.06. The Labute approximate surface area is 116 Å². The number of urea groups is 1. The summed E-state index contributed by atoms with van der Waals surface area (Å²) in [4.78, 5) is 24.7. The van der Waals surface area contributed by atoms with E-state index in [-0.39, 0.29) is 17.2 Å². The Balaban J connectivity index is 2.63. The highest BCUT2D eigenvalue weighted by Gasteiger charge is 2.37. The number of carboxylic acids is 1. The molecule has 6 nitrogen and oxygen atoms in total. The normalized spacial score (nSPS) is 26.6. The van der Waals surface area contributed by atoms with Gasteiger partial charge in [0.2, 0.25) is 0 Å². The maximum atomic E-state index is 12.0. The van der Waals surface area contributed by atoms with Gasteiger partial charge in [-0.05, 0) is 25.7 Å². The van der Waals surface area contributed by atoms with Crippen LogP contribution in [-0.2, 0) is 15.6 Å². The summed E-state index contributed by atoms with van der Waals surface area (Å²) in [5.74, 6) is -1.01. The van der Waals surface area contributed by atoms with Crippen molar-refractivity contribution in [2.24, 2.45) is 5.92 Å². The van der Waals surface area contributed by atoms with E-state index in [0.29, 0.717) is 13.1 Å². The molecule has 0 saturated carbocycles. The van der Waals surface area contributed by atoms with Crippen LogP contribution >= 0.6 is 0 Å². The lowest BCUT2D eigenvalue weighted by Gasteiger charge is -2.37. The third-order valence-corrected chi connectivity index (χ3v) is 4.85. The van der Waals surface area contributed by atoms with Gasteiger partial charge < -0.3 is 15.3 Å². The van der Waals surface area contributed by atoms with Gasteiger partial charge in [-0.15, -0.1) is 0 Å². The average molecular weight is 290 g/mol. The van der Waals surface area contributed by atoms with Crippen molar-refractivity contribution in [3.8, 4) is 0 Å². The molecule has 7 heteroatoms. The number of rotatable bonds is 4. The van der Waals surface area contributed by atoms with E-state index in [4.69, 9.17) is 0 Å². The molecule has 0 aromatic heterocycles. The number of hydrogen-bond acceptors (Lipinski definition) is 3. The minimum Gasteiger partial charge on any atom is -0.480 e. The molecule has 4 unspecified atom stereocenters. The molecule has 1 aliphatic heterocycles. The van der Waals surface area contributed by atoms with Crippen molar-refractivity contribution in [1.29, 1.82) is 0 Å². The lowest BCUT2D eigenvalue weighted by atomic mass is 9.91. The number of nitrogens with zero attached hydrogens (tertiary/aromatic N) is 1. The number of aliphatic carboxylic acids is 1. The summed E-state index contributed by atoms with van der Waals surface area (Å²) in [5.41, 5.74) is 0. The van der Waals surface area contributed by atoms with Crippen molar-refractivity contribution >= 4 is 22.8 Å². The smallest absolute Gasteiger partial charge is 0.326 e. The Kier molecular flexibility index (Phi) is 5.78. The van der Waals surface area contributed by atoms with Crippen LogP contribution < -0.4 is 5.32 Å². The zero-order valence-corrected chi connectivity index (χ0v) is 12.4. The van der Waals surface area contributed by atoms with E-state index >= 15 is 0 Å². The van der Waals surface area contributed by atoms with E-state index in [1.807, 2.05) is 6.92 Å². The number of hydrogen-bond donors (Lipinski definition) is 2. The Morgan fingerprint density at radius 1 is 1.53 bits per heavy atom. The van der Waals surface area contributed by atoms with Crippen molar-refractivity contribution in [3.05, 3.63) is 0 Å². The Morgan fingerprint density at radius 2 is 2.16 bits per heavy atom. The van der Waals surface area contributed by atoms with E-state index in [1.54, 1.807) is 13.2 Å². The largest absolute Gasteiger partial charge is 0.480 e. The molecule has 0 radical (unpaired) electrons. The number of amides is 2. The lowest BCUT2D eigenvalue weighted by Crippen LogP contribution is -2.55. The number of piperidine rings is 1. The van der Waals surface area contributed by atoms with Crippen molar-refractivity contribution in [3.63, 3.8) is 0 Å². The molecule has 4 atom stereocenters. The number of carbonyl (C=O) groups is 2. The third-order valence-electron chi connectivity index (χ3n) is 3.55. The lowest BCUT2D eigenvalue weighted by molar-refractivity contribution is -0.145. The molecule has 1 aliphatic rings. The summed E-state index contributed by atoms with van der Waals surface area (Å²) in [6, 6.07) is -1.15. The third kappa shape index (κ3) is 4.19. The van der Waals surface area contributed by atoms with Gasteiger partial charge in [0.05, 0.1) is 0 Å². The first kappa shape index (κ1) is 15.9. The second-order valence-electron chi connectivity index (χ2n) is 5.09. The number of carboxylic acid groups (broad SMARTS) is 1. The maximum Gasteiger partial charge on any atom is 0.326 e. The van der Waals surface area contributed by atoms with Crippen LogP contribution in [0, 0.1) is 5.92 Å². The van der Waals surface area contributed by atoms with Gasteiger partial charge in [-0.25, -0.2) is 9.59 Å². The molecule has 1 saturated heterocycles. The number of likely N-dealkylation sites (tertiary alicyclic amines) is 1. The molecule has 2 amide bonds. The minimum absolute atomic E-state index is 0.0465.